The molecule has 0 saturated carbocycles. The first kappa shape index (κ1) is 14.0. The first-order valence-corrected chi connectivity index (χ1v) is 7.20. The predicted molar refractivity (Wildman–Crippen MR) is 72.7 cm³/mol. The topological polar surface area (TPSA) is 64.5 Å². The maximum Gasteiger partial charge on any atom is 0.346 e. The number of anilines is 1. The van der Waals surface area contributed by atoms with Crippen LogP contribution in [0.4, 0.5) is 5.82 Å². The zero-order valence-electron chi connectivity index (χ0n) is 11.5. The van der Waals surface area contributed by atoms with Crippen molar-refractivity contribution in [2.75, 3.05) is 18.6 Å². The van der Waals surface area contributed by atoms with Crippen molar-refractivity contribution in [3.63, 3.8) is 0 Å². The molecule has 1 aliphatic rings. The third kappa shape index (κ3) is 3.15. The quantitative estimate of drug-likeness (QED) is 0.787. The van der Waals surface area contributed by atoms with Gasteiger partial charge in [0.25, 0.3) is 5.88 Å². The fourth-order valence-corrected chi connectivity index (χ4v) is 2.72. The lowest BCUT2D eigenvalue weighted by atomic mass is 10.0. The molecule has 0 spiro atoms. The number of methoxy groups -OCH3 is 1. The molecular weight excluding hydrogens is 266 g/mol. The van der Waals surface area contributed by atoms with E-state index >= 15 is 0 Å². The van der Waals surface area contributed by atoms with Crippen LogP contribution in [-0.4, -0.2) is 40.5 Å². The first-order chi connectivity index (χ1) is 9.13. The van der Waals surface area contributed by atoms with Crippen LogP contribution in [0, 0.1) is 0 Å². The highest BCUT2D eigenvalue weighted by Gasteiger charge is 2.27. The van der Waals surface area contributed by atoms with Gasteiger partial charge >= 0.3 is 5.97 Å². The second-order valence-electron chi connectivity index (χ2n) is 4.71. The summed E-state index contributed by atoms with van der Waals surface area (Å²) in [4.78, 5) is 13.6. The molecule has 7 heteroatoms. The number of piperidine rings is 1. The fourth-order valence-electron chi connectivity index (χ4n) is 2.22. The Bertz CT molecular complexity index is 438. The van der Waals surface area contributed by atoms with Gasteiger partial charge < -0.3 is 14.4 Å². The summed E-state index contributed by atoms with van der Waals surface area (Å²) >= 11 is 1.10. The van der Waals surface area contributed by atoms with E-state index < -0.39 is 12.1 Å². The molecule has 19 heavy (non-hydrogen) atoms. The Morgan fingerprint density at radius 1 is 1.47 bits per heavy atom. The van der Waals surface area contributed by atoms with E-state index in [2.05, 4.69) is 25.3 Å². The minimum absolute atomic E-state index is 0.411. The smallest absolute Gasteiger partial charge is 0.346 e. The van der Waals surface area contributed by atoms with Crippen LogP contribution in [0.3, 0.4) is 0 Å². The van der Waals surface area contributed by atoms with Gasteiger partial charge in [0, 0.05) is 12.6 Å². The largest absolute Gasteiger partial charge is 0.466 e. The molecular formula is C12H19N3O3S. The molecule has 106 valence electrons. The highest BCUT2D eigenvalue weighted by Crippen LogP contribution is 2.31. The molecule has 1 saturated heterocycles. The monoisotopic (exact) mass is 285 g/mol. The minimum atomic E-state index is -0.673. The molecule has 0 bridgehead atoms. The third-order valence-electron chi connectivity index (χ3n) is 3.34. The Morgan fingerprint density at radius 3 is 2.95 bits per heavy atom. The number of rotatable bonds is 4. The number of hydrogen-bond donors (Lipinski definition) is 0. The molecule has 0 aromatic carbocycles. The molecule has 6 nitrogen and oxygen atoms in total. The van der Waals surface area contributed by atoms with Crippen molar-refractivity contribution in [1.82, 2.24) is 8.75 Å². The zero-order valence-corrected chi connectivity index (χ0v) is 12.3. The van der Waals surface area contributed by atoms with Crippen LogP contribution >= 0.6 is 11.7 Å². The van der Waals surface area contributed by atoms with E-state index in [1.54, 1.807) is 6.92 Å². The molecule has 1 fully saturated rings. The van der Waals surface area contributed by atoms with Gasteiger partial charge in [0.1, 0.15) is 0 Å². The molecule has 1 aliphatic heterocycles. The second-order valence-corrected chi connectivity index (χ2v) is 5.24. The molecule has 0 amide bonds. The number of carbonyl (C=O) groups is 1. The summed E-state index contributed by atoms with van der Waals surface area (Å²) in [5.41, 5.74) is 0. The molecule has 0 radical (unpaired) electrons. The SMILES string of the molecule is COC(=O)C(C)Oc1nsnc1N1CCCCC1C. The average molecular weight is 285 g/mol. The van der Waals surface area contributed by atoms with E-state index in [0.29, 0.717) is 11.9 Å². The number of hydrogen-bond acceptors (Lipinski definition) is 7. The van der Waals surface area contributed by atoms with Gasteiger partial charge in [0.15, 0.2) is 6.10 Å². The minimum Gasteiger partial charge on any atom is -0.466 e. The average Bonchev–Trinajstić information content (AvgIpc) is 2.86. The van der Waals surface area contributed by atoms with E-state index in [9.17, 15) is 4.79 Å². The van der Waals surface area contributed by atoms with Crippen molar-refractivity contribution < 1.29 is 14.3 Å². The van der Waals surface area contributed by atoms with Gasteiger partial charge in [-0.15, -0.1) is 4.37 Å². The Hall–Kier alpha value is -1.37. The molecule has 2 heterocycles. The van der Waals surface area contributed by atoms with Crippen LogP contribution in [-0.2, 0) is 9.53 Å². The van der Waals surface area contributed by atoms with Gasteiger partial charge in [0.2, 0.25) is 5.82 Å². The van der Waals surface area contributed by atoms with Crippen molar-refractivity contribution in [2.45, 2.75) is 45.3 Å². The lowest BCUT2D eigenvalue weighted by molar-refractivity contribution is -0.148. The summed E-state index contributed by atoms with van der Waals surface area (Å²) in [5, 5.41) is 0. The molecule has 1 aromatic rings. The van der Waals surface area contributed by atoms with Crippen molar-refractivity contribution >= 4 is 23.5 Å². The van der Waals surface area contributed by atoms with Crippen LogP contribution in [0.15, 0.2) is 0 Å². The standard InChI is InChI=1S/C12H19N3O3S/c1-8-6-4-5-7-15(8)10-11(14-19-13-10)18-9(2)12(16)17-3/h8-9H,4-7H2,1-3H3. The van der Waals surface area contributed by atoms with Crippen molar-refractivity contribution in [3.8, 4) is 5.88 Å². The van der Waals surface area contributed by atoms with Gasteiger partial charge in [-0.3, -0.25) is 0 Å². The first-order valence-electron chi connectivity index (χ1n) is 6.47. The Morgan fingerprint density at radius 2 is 2.26 bits per heavy atom. The number of aromatic nitrogens is 2. The molecule has 2 rings (SSSR count). The number of esters is 1. The second kappa shape index (κ2) is 6.18. The highest BCUT2D eigenvalue weighted by molar-refractivity contribution is 6.99. The number of ether oxygens (including phenoxy) is 2. The van der Waals surface area contributed by atoms with Gasteiger partial charge in [-0.1, -0.05) is 0 Å². The van der Waals surface area contributed by atoms with E-state index in [0.717, 1.165) is 36.9 Å². The molecule has 0 N–H and O–H groups in total. The van der Waals surface area contributed by atoms with Gasteiger partial charge in [-0.05, 0) is 33.1 Å². The van der Waals surface area contributed by atoms with Crippen molar-refractivity contribution in [2.24, 2.45) is 0 Å². The summed E-state index contributed by atoms with van der Waals surface area (Å²) in [7, 11) is 1.34. The van der Waals surface area contributed by atoms with E-state index in [-0.39, 0.29) is 0 Å². The summed E-state index contributed by atoms with van der Waals surface area (Å²) in [6.07, 6.45) is 2.86. The lowest BCUT2D eigenvalue weighted by Gasteiger charge is -2.33. The molecule has 2 atom stereocenters. The van der Waals surface area contributed by atoms with Gasteiger partial charge in [-0.25, -0.2) is 4.79 Å². The third-order valence-corrected chi connectivity index (χ3v) is 3.84. The summed E-state index contributed by atoms with van der Waals surface area (Å²) in [6.45, 7) is 4.77. The van der Waals surface area contributed by atoms with Crippen LogP contribution in [0.1, 0.15) is 33.1 Å². The Kier molecular flexibility index (Phi) is 4.57. The maximum atomic E-state index is 11.4. The summed E-state index contributed by atoms with van der Waals surface area (Å²) in [6, 6.07) is 0.424. The highest BCUT2D eigenvalue weighted by atomic mass is 32.1. The van der Waals surface area contributed by atoms with Gasteiger partial charge in [0.05, 0.1) is 18.8 Å². The normalized spacial score (nSPS) is 21.0. The van der Waals surface area contributed by atoms with Crippen LogP contribution in [0.25, 0.3) is 0 Å². The van der Waals surface area contributed by atoms with Crippen molar-refractivity contribution in [3.05, 3.63) is 0 Å². The zero-order chi connectivity index (χ0) is 13.8. The number of carbonyl (C=O) groups excluding carboxylic acids is 1. The number of nitrogens with zero attached hydrogens (tertiary/aromatic N) is 3. The summed E-state index contributed by atoms with van der Waals surface area (Å²) < 4.78 is 18.7. The van der Waals surface area contributed by atoms with E-state index in [4.69, 9.17) is 4.74 Å². The van der Waals surface area contributed by atoms with E-state index in [1.807, 2.05) is 0 Å². The lowest BCUT2D eigenvalue weighted by Crippen LogP contribution is -2.38. The Labute approximate surface area is 117 Å². The van der Waals surface area contributed by atoms with Gasteiger partial charge in [-0.2, -0.15) is 4.37 Å². The van der Waals surface area contributed by atoms with Crippen LogP contribution in [0.5, 0.6) is 5.88 Å². The fraction of sp³-hybridized carbons (Fsp3) is 0.750. The maximum absolute atomic E-state index is 11.4. The predicted octanol–water partition coefficient (Wildman–Crippen LogP) is 1.86. The molecule has 0 aliphatic carbocycles. The van der Waals surface area contributed by atoms with Crippen LogP contribution in [0.2, 0.25) is 0 Å². The molecule has 1 aromatic heterocycles. The van der Waals surface area contributed by atoms with Crippen molar-refractivity contribution in [1.29, 1.82) is 0 Å². The Balaban J connectivity index is 2.10. The van der Waals surface area contributed by atoms with E-state index in [1.165, 1.54) is 13.5 Å². The van der Waals surface area contributed by atoms with Crippen LogP contribution < -0.4 is 9.64 Å². The molecule has 2 unspecified atom stereocenters. The summed E-state index contributed by atoms with van der Waals surface area (Å²) in [5.74, 6) is 0.759.